The summed E-state index contributed by atoms with van der Waals surface area (Å²) in [7, 11) is 0. The van der Waals surface area contributed by atoms with E-state index in [2.05, 4.69) is 5.32 Å². The number of fused-ring (bicyclic) bond motifs is 1. The van der Waals surface area contributed by atoms with Gasteiger partial charge in [0.2, 0.25) is 0 Å². The molecule has 24 heavy (non-hydrogen) atoms. The molecule has 5 nitrogen and oxygen atoms in total. The summed E-state index contributed by atoms with van der Waals surface area (Å²) in [5.74, 6) is -3.14. The SMILES string of the molecule is CC1=C(C(=O)O)C(c2csc3ccc(Cl)cc23)C(C(=O)O)=C(C)N1. The Balaban J connectivity index is 2.33. The Labute approximate surface area is 146 Å². The van der Waals surface area contributed by atoms with Crippen LogP contribution >= 0.6 is 22.9 Å². The largest absolute Gasteiger partial charge is 0.478 e. The normalized spacial score (nSPS) is 15.8. The number of dihydropyridines is 1. The van der Waals surface area contributed by atoms with Crippen LogP contribution in [0.15, 0.2) is 46.1 Å². The zero-order chi connectivity index (χ0) is 17.6. The first kappa shape index (κ1) is 16.5. The first-order chi connectivity index (χ1) is 11.3. The number of aliphatic carboxylic acids is 2. The van der Waals surface area contributed by atoms with Crippen molar-refractivity contribution < 1.29 is 19.8 Å². The average molecular weight is 364 g/mol. The van der Waals surface area contributed by atoms with Gasteiger partial charge in [-0.1, -0.05) is 11.6 Å². The summed E-state index contributed by atoms with van der Waals surface area (Å²) in [5.41, 5.74) is 1.61. The van der Waals surface area contributed by atoms with Gasteiger partial charge in [0.15, 0.2) is 0 Å². The molecule has 1 aliphatic heterocycles. The van der Waals surface area contributed by atoms with E-state index in [4.69, 9.17) is 11.6 Å². The number of benzene rings is 1. The first-order valence-corrected chi connectivity index (χ1v) is 8.38. The highest BCUT2D eigenvalue weighted by atomic mass is 35.5. The summed E-state index contributed by atoms with van der Waals surface area (Å²) in [6.07, 6.45) is 0. The van der Waals surface area contributed by atoms with Crippen LogP contribution in [0, 0.1) is 0 Å². The van der Waals surface area contributed by atoms with Gasteiger partial charge in [0.25, 0.3) is 0 Å². The van der Waals surface area contributed by atoms with Crippen LogP contribution in [0.3, 0.4) is 0 Å². The minimum absolute atomic E-state index is 0.0395. The van der Waals surface area contributed by atoms with Crippen LogP contribution in [0.4, 0.5) is 0 Å². The Kier molecular flexibility index (Phi) is 4.11. The first-order valence-electron chi connectivity index (χ1n) is 7.13. The zero-order valence-corrected chi connectivity index (χ0v) is 14.5. The summed E-state index contributed by atoms with van der Waals surface area (Å²) in [5, 5.41) is 25.3. The molecule has 0 saturated heterocycles. The quantitative estimate of drug-likeness (QED) is 0.768. The van der Waals surface area contributed by atoms with Crippen LogP contribution in [0.1, 0.15) is 25.3 Å². The maximum absolute atomic E-state index is 11.8. The van der Waals surface area contributed by atoms with Crippen LogP contribution in [0.5, 0.6) is 0 Å². The van der Waals surface area contributed by atoms with E-state index in [1.54, 1.807) is 26.0 Å². The number of rotatable bonds is 3. The second kappa shape index (κ2) is 5.96. The molecule has 1 aliphatic rings. The van der Waals surface area contributed by atoms with Gasteiger partial charge in [0.05, 0.1) is 17.1 Å². The molecule has 0 radical (unpaired) electrons. The van der Waals surface area contributed by atoms with Gasteiger partial charge in [0, 0.05) is 21.1 Å². The fourth-order valence-corrected chi connectivity index (χ4v) is 4.26. The highest BCUT2D eigenvalue weighted by Gasteiger charge is 2.37. The van der Waals surface area contributed by atoms with Crippen molar-refractivity contribution in [1.82, 2.24) is 5.32 Å². The lowest BCUT2D eigenvalue weighted by Crippen LogP contribution is -2.30. The molecule has 1 aromatic carbocycles. The second-order valence-electron chi connectivity index (χ2n) is 5.58. The lowest BCUT2D eigenvalue weighted by atomic mass is 9.80. The molecule has 3 rings (SSSR count). The van der Waals surface area contributed by atoms with Gasteiger partial charge in [-0.05, 0) is 48.4 Å². The van der Waals surface area contributed by atoms with Gasteiger partial charge in [-0.25, -0.2) is 9.59 Å². The van der Waals surface area contributed by atoms with Crippen LogP contribution in [-0.4, -0.2) is 22.2 Å². The van der Waals surface area contributed by atoms with E-state index in [9.17, 15) is 19.8 Å². The molecular weight excluding hydrogens is 350 g/mol. The van der Waals surface area contributed by atoms with Gasteiger partial charge >= 0.3 is 11.9 Å². The highest BCUT2D eigenvalue weighted by molar-refractivity contribution is 7.17. The number of halogens is 1. The van der Waals surface area contributed by atoms with E-state index < -0.39 is 17.9 Å². The number of thiophene rings is 1. The highest BCUT2D eigenvalue weighted by Crippen LogP contribution is 2.43. The topological polar surface area (TPSA) is 86.6 Å². The summed E-state index contributed by atoms with van der Waals surface area (Å²) in [6, 6.07) is 5.35. The Morgan fingerprint density at radius 3 is 2.25 bits per heavy atom. The Bertz CT molecular complexity index is 905. The molecule has 1 aromatic heterocycles. The van der Waals surface area contributed by atoms with E-state index in [1.165, 1.54) is 11.3 Å². The lowest BCUT2D eigenvalue weighted by molar-refractivity contribution is -0.133. The molecule has 0 atom stereocenters. The predicted octanol–water partition coefficient (Wildman–Crippen LogP) is 3.96. The molecule has 0 saturated carbocycles. The number of carbonyl (C=O) groups is 2. The van der Waals surface area contributed by atoms with E-state index in [0.717, 1.165) is 10.1 Å². The average Bonchev–Trinajstić information content (AvgIpc) is 2.87. The van der Waals surface area contributed by atoms with Crippen molar-refractivity contribution in [2.24, 2.45) is 0 Å². The van der Waals surface area contributed by atoms with Crippen molar-refractivity contribution in [3.8, 4) is 0 Å². The summed E-state index contributed by atoms with van der Waals surface area (Å²) in [4.78, 5) is 23.6. The van der Waals surface area contributed by atoms with Gasteiger partial charge in [0.1, 0.15) is 0 Å². The Morgan fingerprint density at radius 1 is 1.12 bits per heavy atom. The Hall–Kier alpha value is -2.31. The maximum Gasteiger partial charge on any atom is 0.334 e. The van der Waals surface area contributed by atoms with Gasteiger partial charge in [-0.15, -0.1) is 11.3 Å². The minimum Gasteiger partial charge on any atom is -0.478 e. The van der Waals surface area contributed by atoms with Crippen LogP contribution in [0.25, 0.3) is 10.1 Å². The molecule has 0 aliphatic carbocycles. The van der Waals surface area contributed by atoms with Crippen molar-refractivity contribution in [3.63, 3.8) is 0 Å². The standard InChI is InChI=1S/C17H14ClNO4S/c1-7-13(16(20)21)15(14(17(22)23)8(2)19-7)11-6-24-12-4-3-9(18)5-10(11)12/h3-6,15,19H,1-2H3,(H,20,21)(H,22,23). The van der Waals surface area contributed by atoms with Gasteiger partial charge in [-0.2, -0.15) is 0 Å². The molecular formula is C17H14ClNO4S. The third-order valence-corrected chi connectivity index (χ3v) is 5.31. The summed E-state index contributed by atoms with van der Waals surface area (Å²) in [6.45, 7) is 3.28. The van der Waals surface area contributed by atoms with Crippen molar-refractivity contribution in [2.45, 2.75) is 19.8 Å². The lowest BCUT2D eigenvalue weighted by Gasteiger charge is -2.28. The third-order valence-electron chi connectivity index (χ3n) is 4.10. The number of nitrogens with one attached hydrogen (secondary N) is 1. The van der Waals surface area contributed by atoms with Gasteiger partial charge in [-0.3, -0.25) is 0 Å². The van der Waals surface area contributed by atoms with Crippen molar-refractivity contribution in [2.75, 3.05) is 0 Å². The molecule has 3 N–H and O–H groups in total. The molecule has 0 amide bonds. The Morgan fingerprint density at radius 2 is 1.71 bits per heavy atom. The fraction of sp³-hybridized carbons (Fsp3) is 0.176. The predicted molar refractivity (Wildman–Crippen MR) is 93.4 cm³/mol. The van der Waals surface area contributed by atoms with E-state index in [-0.39, 0.29) is 11.1 Å². The van der Waals surface area contributed by atoms with Crippen LogP contribution < -0.4 is 5.32 Å². The molecule has 2 aromatic rings. The summed E-state index contributed by atoms with van der Waals surface area (Å²) >= 11 is 7.51. The second-order valence-corrected chi connectivity index (χ2v) is 6.92. The molecule has 0 fully saturated rings. The molecule has 0 spiro atoms. The minimum atomic E-state index is -1.14. The number of hydrogen-bond acceptors (Lipinski definition) is 4. The molecule has 0 bridgehead atoms. The van der Waals surface area contributed by atoms with E-state index in [1.807, 2.05) is 11.4 Å². The van der Waals surface area contributed by atoms with Gasteiger partial charge < -0.3 is 15.5 Å². The molecule has 0 unspecified atom stereocenters. The van der Waals surface area contributed by atoms with E-state index >= 15 is 0 Å². The third kappa shape index (κ3) is 2.57. The van der Waals surface area contributed by atoms with Crippen LogP contribution in [-0.2, 0) is 9.59 Å². The number of carboxylic acids is 2. The zero-order valence-electron chi connectivity index (χ0n) is 12.9. The number of hydrogen-bond donors (Lipinski definition) is 3. The van der Waals surface area contributed by atoms with Crippen molar-refractivity contribution in [1.29, 1.82) is 0 Å². The maximum atomic E-state index is 11.8. The molecule has 2 heterocycles. The number of carboxylic acid groups (broad SMARTS) is 2. The monoisotopic (exact) mass is 363 g/mol. The smallest absolute Gasteiger partial charge is 0.334 e. The van der Waals surface area contributed by atoms with Crippen molar-refractivity contribution >= 4 is 45.0 Å². The molecule has 7 heteroatoms. The number of allylic oxidation sites excluding steroid dienone is 2. The van der Waals surface area contributed by atoms with E-state index in [0.29, 0.717) is 22.0 Å². The molecule has 124 valence electrons. The van der Waals surface area contributed by atoms with Crippen molar-refractivity contribution in [3.05, 3.63) is 56.7 Å². The fourth-order valence-electron chi connectivity index (χ4n) is 3.12. The summed E-state index contributed by atoms with van der Waals surface area (Å²) < 4.78 is 0.928. The van der Waals surface area contributed by atoms with Crippen LogP contribution in [0.2, 0.25) is 5.02 Å².